The second kappa shape index (κ2) is 8.38. The van der Waals surface area contributed by atoms with Crippen LogP contribution in [-0.2, 0) is 12.1 Å². The first kappa shape index (κ1) is 20.4. The quantitative estimate of drug-likeness (QED) is 0.647. The van der Waals surface area contributed by atoms with E-state index in [2.05, 4.69) is 16.5 Å². The number of nitrogens with one attached hydrogen (secondary N) is 1. The van der Waals surface area contributed by atoms with Gasteiger partial charge in [0.2, 0.25) is 0 Å². The predicted molar refractivity (Wildman–Crippen MR) is 114 cm³/mol. The third-order valence-corrected chi connectivity index (χ3v) is 4.55. The van der Waals surface area contributed by atoms with Gasteiger partial charge in [-0.15, -0.1) is 0 Å². The van der Waals surface area contributed by atoms with Gasteiger partial charge < -0.3 is 10.1 Å². The molecule has 0 fully saturated rings. The van der Waals surface area contributed by atoms with E-state index >= 15 is 0 Å². The molecule has 0 bridgehead atoms. The lowest BCUT2D eigenvalue weighted by Gasteiger charge is -2.21. The number of rotatable bonds is 5. The van der Waals surface area contributed by atoms with E-state index in [-0.39, 0.29) is 10.6 Å². The minimum Gasteiger partial charge on any atom is -0.457 e. The van der Waals surface area contributed by atoms with Crippen molar-refractivity contribution in [3.8, 4) is 17.6 Å². The molecule has 148 valence electrons. The van der Waals surface area contributed by atoms with E-state index in [0.29, 0.717) is 29.3 Å². The molecule has 0 amide bonds. The third kappa shape index (κ3) is 4.95. The van der Waals surface area contributed by atoms with Crippen LogP contribution in [0, 0.1) is 11.3 Å². The highest BCUT2D eigenvalue weighted by atomic mass is 35.5. The predicted octanol–water partition coefficient (Wildman–Crippen LogP) is 4.93. The van der Waals surface area contributed by atoms with Gasteiger partial charge in [-0.25, -0.2) is 4.68 Å². The van der Waals surface area contributed by atoms with Crippen molar-refractivity contribution in [2.45, 2.75) is 32.9 Å². The number of aromatic nitrogens is 2. The fourth-order valence-corrected chi connectivity index (χ4v) is 2.84. The first-order valence-electron chi connectivity index (χ1n) is 9.07. The van der Waals surface area contributed by atoms with Gasteiger partial charge in [-0.05, 0) is 62.7 Å². The Hall–Kier alpha value is -3.30. The van der Waals surface area contributed by atoms with Crippen LogP contribution in [0.1, 0.15) is 31.9 Å². The van der Waals surface area contributed by atoms with Crippen molar-refractivity contribution in [3.63, 3.8) is 0 Å². The van der Waals surface area contributed by atoms with E-state index in [4.69, 9.17) is 21.6 Å². The smallest absolute Gasteiger partial charge is 0.288 e. The summed E-state index contributed by atoms with van der Waals surface area (Å²) in [6.07, 6.45) is 1.57. The molecule has 0 aliphatic rings. The van der Waals surface area contributed by atoms with E-state index in [1.165, 1.54) is 4.68 Å². The summed E-state index contributed by atoms with van der Waals surface area (Å²) in [5.74, 6) is 1.35. The lowest BCUT2D eigenvalue weighted by atomic mass is 10.1. The summed E-state index contributed by atoms with van der Waals surface area (Å²) in [7, 11) is 0. The van der Waals surface area contributed by atoms with Crippen LogP contribution in [0.4, 0.5) is 5.69 Å². The van der Waals surface area contributed by atoms with Gasteiger partial charge in [0.05, 0.1) is 29.1 Å². The molecule has 2 aromatic carbocycles. The van der Waals surface area contributed by atoms with Crippen LogP contribution in [0.25, 0.3) is 0 Å². The van der Waals surface area contributed by atoms with Crippen molar-refractivity contribution >= 4 is 17.3 Å². The van der Waals surface area contributed by atoms with Gasteiger partial charge in [0, 0.05) is 6.54 Å². The first-order valence-corrected chi connectivity index (χ1v) is 9.45. The highest BCUT2D eigenvalue weighted by molar-refractivity contribution is 6.32. The molecule has 3 rings (SSSR count). The Morgan fingerprint density at radius 1 is 1.10 bits per heavy atom. The third-order valence-electron chi connectivity index (χ3n) is 4.18. The number of nitrogens with zero attached hydrogens (tertiary/aromatic N) is 3. The van der Waals surface area contributed by atoms with E-state index in [0.717, 1.165) is 5.56 Å². The Balaban J connectivity index is 1.65. The van der Waals surface area contributed by atoms with Gasteiger partial charge in [-0.2, -0.15) is 10.4 Å². The Morgan fingerprint density at radius 3 is 2.24 bits per heavy atom. The average molecular weight is 409 g/mol. The first-order chi connectivity index (χ1) is 13.8. The number of ether oxygens (including phenoxy) is 1. The molecular weight excluding hydrogens is 388 g/mol. The highest BCUT2D eigenvalue weighted by Gasteiger charge is 2.19. The van der Waals surface area contributed by atoms with Crippen molar-refractivity contribution in [3.05, 3.63) is 81.2 Å². The summed E-state index contributed by atoms with van der Waals surface area (Å²) in [6, 6.07) is 16.5. The molecule has 0 atom stereocenters. The average Bonchev–Trinajstić information content (AvgIpc) is 2.70. The molecule has 0 aliphatic carbocycles. The molecule has 3 aromatic rings. The standard InChI is InChI=1S/C22H21ClN4O2/c1-22(2,3)27-21(28)20(23)19(14-26-27)25-13-16-6-10-18(11-7-16)29-17-8-4-15(12-24)5-9-17/h4-11,14,25H,13H2,1-3H3. The van der Waals surface area contributed by atoms with Crippen LogP contribution >= 0.6 is 11.6 Å². The Labute approximate surface area is 174 Å². The molecule has 0 saturated carbocycles. The summed E-state index contributed by atoms with van der Waals surface area (Å²) in [5, 5.41) is 16.3. The number of nitriles is 1. The number of hydrogen-bond donors (Lipinski definition) is 1. The molecule has 0 aliphatic heterocycles. The van der Waals surface area contributed by atoms with Crippen molar-refractivity contribution in [1.82, 2.24) is 9.78 Å². The molecule has 0 saturated heterocycles. The maximum Gasteiger partial charge on any atom is 0.288 e. The van der Waals surface area contributed by atoms with Crippen molar-refractivity contribution in [2.24, 2.45) is 0 Å². The molecule has 0 spiro atoms. The van der Waals surface area contributed by atoms with Crippen LogP contribution in [0.3, 0.4) is 0 Å². The van der Waals surface area contributed by atoms with Gasteiger partial charge >= 0.3 is 0 Å². The minimum absolute atomic E-state index is 0.121. The van der Waals surface area contributed by atoms with Crippen LogP contribution in [-0.4, -0.2) is 9.78 Å². The summed E-state index contributed by atoms with van der Waals surface area (Å²) in [4.78, 5) is 12.4. The van der Waals surface area contributed by atoms with Crippen molar-refractivity contribution in [1.29, 1.82) is 5.26 Å². The van der Waals surface area contributed by atoms with Gasteiger partial charge in [-0.3, -0.25) is 4.79 Å². The Morgan fingerprint density at radius 2 is 1.69 bits per heavy atom. The Kier molecular flexibility index (Phi) is 5.90. The fraction of sp³-hybridized carbons (Fsp3) is 0.227. The van der Waals surface area contributed by atoms with E-state index < -0.39 is 5.54 Å². The zero-order valence-electron chi connectivity index (χ0n) is 16.4. The van der Waals surface area contributed by atoms with Crippen molar-refractivity contribution in [2.75, 3.05) is 5.32 Å². The van der Waals surface area contributed by atoms with Crippen LogP contribution in [0.5, 0.6) is 11.5 Å². The number of benzene rings is 2. The normalized spacial score (nSPS) is 11.0. The summed E-state index contributed by atoms with van der Waals surface area (Å²) >= 11 is 6.23. The van der Waals surface area contributed by atoms with E-state index in [1.807, 2.05) is 45.0 Å². The molecule has 6 nitrogen and oxygen atoms in total. The summed E-state index contributed by atoms with van der Waals surface area (Å²) in [6.45, 7) is 6.17. The van der Waals surface area contributed by atoms with Gasteiger partial charge in [0.15, 0.2) is 0 Å². The number of hydrogen-bond acceptors (Lipinski definition) is 5. The molecule has 1 N–H and O–H groups in total. The monoisotopic (exact) mass is 408 g/mol. The summed E-state index contributed by atoms with van der Waals surface area (Å²) < 4.78 is 7.14. The molecule has 1 heterocycles. The van der Waals surface area contributed by atoms with E-state index in [9.17, 15) is 4.79 Å². The van der Waals surface area contributed by atoms with Gasteiger partial charge in [0.25, 0.3) is 5.56 Å². The molecule has 0 unspecified atom stereocenters. The number of anilines is 1. The van der Waals surface area contributed by atoms with Gasteiger partial charge in [-0.1, -0.05) is 23.7 Å². The van der Waals surface area contributed by atoms with Crippen LogP contribution < -0.4 is 15.6 Å². The molecule has 7 heteroatoms. The largest absolute Gasteiger partial charge is 0.457 e. The minimum atomic E-state index is -0.440. The maximum absolute atomic E-state index is 12.4. The molecular formula is C22H21ClN4O2. The van der Waals surface area contributed by atoms with Gasteiger partial charge in [0.1, 0.15) is 16.5 Å². The Bertz CT molecular complexity index is 1090. The number of halogens is 1. The lowest BCUT2D eigenvalue weighted by Crippen LogP contribution is -2.36. The highest BCUT2D eigenvalue weighted by Crippen LogP contribution is 2.23. The lowest BCUT2D eigenvalue weighted by molar-refractivity contribution is 0.338. The van der Waals surface area contributed by atoms with Crippen molar-refractivity contribution < 1.29 is 4.74 Å². The topological polar surface area (TPSA) is 79.9 Å². The van der Waals surface area contributed by atoms with Crippen LogP contribution in [0.2, 0.25) is 5.02 Å². The van der Waals surface area contributed by atoms with Crippen LogP contribution in [0.15, 0.2) is 59.5 Å². The molecule has 1 aromatic heterocycles. The maximum atomic E-state index is 12.4. The zero-order chi connectivity index (χ0) is 21.0. The molecule has 29 heavy (non-hydrogen) atoms. The summed E-state index contributed by atoms with van der Waals surface area (Å²) in [5.41, 5.74) is 1.31. The SMILES string of the molecule is CC(C)(C)n1ncc(NCc2ccc(Oc3ccc(C#N)cc3)cc2)c(Cl)c1=O. The second-order valence-electron chi connectivity index (χ2n) is 7.50. The van der Waals surface area contributed by atoms with E-state index in [1.54, 1.807) is 30.5 Å². The molecule has 0 radical (unpaired) electrons. The zero-order valence-corrected chi connectivity index (χ0v) is 17.2. The second-order valence-corrected chi connectivity index (χ2v) is 7.87. The fourth-order valence-electron chi connectivity index (χ4n) is 2.64.